The van der Waals surface area contributed by atoms with Crippen molar-refractivity contribution in [3.8, 4) is 6.07 Å². The van der Waals surface area contributed by atoms with Crippen molar-refractivity contribution in [1.29, 1.82) is 5.26 Å². The lowest BCUT2D eigenvalue weighted by molar-refractivity contribution is 0.102. The number of halogens is 2. The van der Waals surface area contributed by atoms with Crippen molar-refractivity contribution in [3.63, 3.8) is 0 Å². The van der Waals surface area contributed by atoms with Crippen molar-refractivity contribution in [1.82, 2.24) is 20.6 Å². The lowest BCUT2D eigenvalue weighted by atomic mass is 10.2. The van der Waals surface area contributed by atoms with Crippen LogP contribution in [0, 0.1) is 11.3 Å². The van der Waals surface area contributed by atoms with E-state index in [0.717, 1.165) is 0 Å². The minimum atomic E-state index is -0.346. The molecular weight excluding hydrogens is 389 g/mol. The number of H-pyrrole nitrogens is 1. The number of allylic oxidation sites excluding steroid dienone is 1. The highest BCUT2D eigenvalue weighted by Gasteiger charge is 2.11. The summed E-state index contributed by atoms with van der Waals surface area (Å²) in [5.41, 5.74) is 1.83. The van der Waals surface area contributed by atoms with Gasteiger partial charge in [-0.2, -0.15) is 10.5 Å². The van der Waals surface area contributed by atoms with E-state index in [1.807, 2.05) is 6.07 Å². The standard InChI is InChI=1S/C17H11Cl2N7O/c18-11-1-6-14(15(19)7-11)17(27)22-13-4-2-12(3-5-13)21-9-10(8-20)16-23-25-26-24-16/h1-7,9,21H,(H,22,27)(H,23,24,25,26). The molecule has 0 saturated carbocycles. The Morgan fingerprint density at radius 2 is 1.89 bits per heavy atom. The molecule has 0 aliphatic heterocycles. The van der Waals surface area contributed by atoms with Crippen molar-refractivity contribution >= 4 is 46.1 Å². The molecule has 0 spiro atoms. The SMILES string of the molecule is N#CC(=CNc1ccc(NC(=O)c2ccc(Cl)cc2Cl)cc1)c1nn[nH]n1. The predicted octanol–water partition coefficient (Wildman–Crippen LogP) is 3.74. The van der Waals surface area contributed by atoms with Crippen LogP contribution in [0.5, 0.6) is 0 Å². The van der Waals surface area contributed by atoms with Crippen LogP contribution >= 0.6 is 23.2 Å². The average Bonchev–Trinajstić information content (AvgIpc) is 3.18. The molecule has 8 nitrogen and oxygen atoms in total. The molecule has 0 radical (unpaired) electrons. The van der Waals surface area contributed by atoms with E-state index in [4.69, 9.17) is 28.5 Å². The molecule has 2 aromatic carbocycles. The van der Waals surface area contributed by atoms with Gasteiger partial charge in [0.25, 0.3) is 5.91 Å². The number of carbonyl (C=O) groups excluding carboxylic acids is 1. The number of rotatable bonds is 5. The molecule has 1 amide bonds. The molecule has 10 heteroatoms. The predicted molar refractivity (Wildman–Crippen MR) is 102 cm³/mol. The molecule has 0 bridgehead atoms. The van der Waals surface area contributed by atoms with Crippen LogP contribution in [0.4, 0.5) is 11.4 Å². The third-order valence-electron chi connectivity index (χ3n) is 3.41. The summed E-state index contributed by atoms with van der Waals surface area (Å²) in [6.45, 7) is 0. The summed E-state index contributed by atoms with van der Waals surface area (Å²) in [6, 6.07) is 13.5. The Bertz CT molecular complexity index is 1020. The zero-order valence-electron chi connectivity index (χ0n) is 13.6. The number of nitrogens with one attached hydrogen (secondary N) is 3. The van der Waals surface area contributed by atoms with Gasteiger partial charge >= 0.3 is 0 Å². The summed E-state index contributed by atoms with van der Waals surface area (Å²) in [5, 5.41) is 28.7. The van der Waals surface area contributed by atoms with Gasteiger partial charge in [0.15, 0.2) is 0 Å². The summed E-state index contributed by atoms with van der Waals surface area (Å²) in [5.74, 6) is -0.158. The molecule has 3 aromatic rings. The van der Waals surface area contributed by atoms with E-state index in [-0.39, 0.29) is 22.3 Å². The van der Waals surface area contributed by atoms with Gasteiger partial charge in [0, 0.05) is 22.6 Å². The molecule has 3 rings (SSSR count). The van der Waals surface area contributed by atoms with Crippen LogP contribution in [0.1, 0.15) is 16.2 Å². The number of nitrogens with zero attached hydrogens (tertiary/aromatic N) is 4. The molecule has 0 atom stereocenters. The Morgan fingerprint density at radius 3 is 2.52 bits per heavy atom. The third-order valence-corrected chi connectivity index (χ3v) is 3.96. The van der Waals surface area contributed by atoms with Crippen molar-refractivity contribution in [2.75, 3.05) is 10.6 Å². The topological polar surface area (TPSA) is 119 Å². The van der Waals surface area contributed by atoms with E-state index < -0.39 is 0 Å². The maximum atomic E-state index is 12.3. The molecule has 1 heterocycles. The van der Waals surface area contributed by atoms with Crippen LogP contribution in [-0.2, 0) is 0 Å². The van der Waals surface area contributed by atoms with E-state index >= 15 is 0 Å². The average molecular weight is 400 g/mol. The van der Waals surface area contributed by atoms with E-state index in [9.17, 15) is 4.79 Å². The second-order valence-corrected chi connectivity index (χ2v) is 6.05. The molecule has 27 heavy (non-hydrogen) atoms. The summed E-state index contributed by atoms with van der Waals surface area (Å²) < 4.78 is 0. The Balaban J connectivity index is 1.67. The Morgan fingerprint density at radius 1 is 1.15 bits per heavy atom. The van der Waals surface area contributed by atoms with E-state index in [1.54, 1.807) is 36.4 Å². The number of aromatic amines is 1. The fraction of sp³-hybridized carbons (Fsp3) is 0. The van der Waals surface area contributed by atoms with Crippen LogP contribution in [0.15, 0.2) is 48.7 Å². The monoisotopic (exact) mass is 399 g/mol. The molecular formula is C17H11Cl2N7O. The number of anilines is 2. The van der Waals surface area contributed by atoms with Gasteiger partial charge in [-0.3, -0.25) is 4.79 Å². The fourth-order valence-corrected chi connectivity index (χ4v) is 2.59. The number of carbonyl (C=O) groups is 1. The largest absolute Gasteiger partial charge is 0.360 e. The molecule has 134 valence electrons. The van der Waals surface area contributed by atoms with Crippen molar-refractivity contribution in [2.24, 2.45) is 0 Å². The number of benzene rings is 2. The maximum absolute atomic E-state index is 12.3. The van der Waals surface area contributed by atoms with Crippen molar-refractivity contribution in [3.05, 3.63) is 70.1 Å². The molecule has 0 aliphatic carbocycles. The van der Waals surface area contributed by atoms with Crippen LogP contribution in [0.3, 0.4) is 0 Å². The smallest absolute Gasteiger partial charge is 0.257 e. The lowest BCUT2D eigenvalue weighted by Crippen LogP contribution is -2.12. The van der Waals surface area contributed by atoms with Crippen LogP contribution in [0.25, 0.3) is 5.57 Å². The van der Waals surface area contributed by atoms with Gasteiger partial charge in [0.1, 0.15) is 11.6 Å². The van der Waals surface area contributed by atoms with Gasteiger partial charge in [-0.15, -0.1) is 10.2 Å². The van der Waals surface area contributed by atoms with E-state index in [1.165, 1.54) is 12.3 Å². The normalized spacial score (nSPS) is 10.9. The molecule has 0 fully saturated rings. The van der Waals surface area contributed by atoms with Gasteiger partial charge in [-0.25, -0.2) is 0 Å². The molecule has 0 aliphatic rings. The third kappa shape index (κ3) is 4.61. The Labute approximate surface area is 163 Å². The van der Waals surface area contributed by atoms with Crippen LogP contribution < -0.4 is 10.6 Å². The van der Waals surface area contributed by atoms with Gasteiger partial charge < -0.3 is 10.6 Å². The lowest BCUT2D eigenvalue weighted by Gasteiger charge is -2.08. The second-order valence-electron chi connectivity index (χ2n) is 5.21. The summed E-state index contributed by atoms with van der Waals surface area (Å²) >= 11 is 11.9. The van der Waals surface area contributed by atoms with E-state index in [2.05, 4.69) is 31.3 Å². The highest BCUT2D eigenvalue weighted by Crippen LogP contribution is 2.22. The first-order chi connectivity index (χ1) is 13.1. The molecule has 3 N–H and O–H groups in total. The van der Waals surface area contributed by atoms with Gasteiger partial charge in [0.05, 0.1) is 10.6 Å². The van der Waals surface area contributed by atoms with E-state index in [0.29, 0.717) is 22.0 Å². The van der Waals surface area contributed by atoms with Crippen molar-refractivity contribution < 1.29 is 4.79 Å². The van der Waals surface area contributed by atoms with Gasteiger partial charge in [-0.05, 0) is 47.7 Å². The zero-order chi connectivity index (χ0) is 19.2. The highest BCUT2D eigenvalue weighted by atomic mass is 35.5. The quantitative estimate of drug-likeness (QED) is 0.562. The number of tetrazole rings is 1. The number of aromatic nitrogens is 4. The fourth-order valence-electron chi connectivity index (χ4n) is 2.10. The van der Waals surface area contributed by atoms with Gasteiger partial charge in [-0.1, -0.05) is 23.2 Å². The van der Waals surface area contributed by atoms with Crippen molar-refractivity contribution in [2.45, 2.75) is 0 Å². The highest BCUT2D eigenvalue weighted by molar-refractivity contribution is 6.37. The van der Waals surface area contributed by atoms with Gasteiger partial charge in [0.2, 0.25) is 5.82 Å². The number of amides is 1. The maximum Gasteiger partial charge on any atom is 0.257 e. The molecule has 1 aromatic heterocycles. The minimum absolute atomic E-state index is 0.189. The summed E-state index contributed by atoms with van der Waals surface area (Å²) in [6.07, 6.45) is 1.46. The molecule has 0 saturated heterocycles. The minimum Gasteiger partial charge on any atom is -0.360 e. The Kier molecular flexibility index (Phi) is 5.66. The number of hydrogen-bond donors (Lipinski definition) is 3. The first kappa shape index (κ1) is 18.4. The van der Waals surface area contributed by atoms with Crippen LogP contribution in [-0.4, -0.2) is 26.5 Å². The summed E-state index contributed by atoms with van der Waals surface area (Å²) in [7, 11) is 0. The van der Waals surface area contributed by atoms with Crippen LogP contribution in [0.2, 0.25) is 10.0 Å². The first-order valence-corrected chi connectivity index (χ1v) is 8.29. The first-order valence-electron chi connectivity index (χ1n) is 7.54. The zero-order valence-corrected chi connectivity index (χ0v) is 15.1. The number of nitriles is 1. The molecule has 0 unspecified atom stereocenters. The Hall–Kier alpha value is -3.41. The number of hydrogen-bond acceptors (Lipinski definition) is 6. The second kappa shape index (κ2) is 8.31. The summed E-state index contributed by atoms with van der Waals surface area (Å²) in [4.78, 5) is 12.3.